The summed E-state index contributed by atoms with van der Waals surface area (Å²) in [6.07, 6.45) is 25.6. The molecule has 2 aliphatic carbocycles. The van der Waals surface area contributed by atoms with Crippen molar-refractivity contribution in [2.24, 2.45) is 0 Å². The molecule has 1 heteroatoms. The summed E-state index contributed by atoms with van der Waals surface area (Å²) < 4.78 is 0. The molecule has 0 fully saturated rings. The van der Waals surface area contributed by atoms with Gasteiger partial charge in [0, 0.05) is 11.1 Å². The summed E-state index contributed by atoms with van der Waals surface area (Å²) in [5, 5.41) is 0. The van der Waals surface area contributed by atoms with Crippen LogP contribution in [0.3, 0.4) is 0 Å². The summed E-state index contributed by atoms with van der Waals surface area (Å²) in [6.45, 7) is 6.45. The largest absolute Gasteiger partial charge is 0.289 e. The fourth-order valence-electron chi connectivity index (χ4n) is 5.68. The number of Topliss-reactive ketones (excluding diaryl/α,β-unsaturated/α-hetero) is 1. The van der Waals surface area contributed by atoms with E-state index in [4.69, 9.17) is 0 Å². The van der Waals surface area contributed by atoms with Crippen LogP contribution in [0.15, 0.2) is 46.6 Å². The summed E-state index contributed by atoms with van der Waals surface area (Å²) in [5.74, 6) is 0.222. The monoisotopic (exact) mass is 460 g/mol. The fourth-order valence-corrected chi connectivity index (χ4v) is 5.68. The Balaban J connectivity index is 1.29. The first kappa shape index (κ1) is 26.7. The van der Waals surface area contributed by atoms with Crippen LogP contribution in [0.1, 0.15) is 141 Å². The Bertz CT molecular complexity index is 895. The molecule has 1 nitrogen and oxygen atoms in total. The molecule has 0 bridgehead atoms. The predicted octanol–water partition coefficient (Wildman–Crippen LogP) is 10.4. The van der Waals surface area contributed by atoms with Gasteiger partial charge in [-0.25, -0.2) is 0 Å². The first-order valence-electron chi connectivity index (χ1n) is 14.4. The number of benzene rings is 1. The first-order valence-corrected chi connectivity index (χ1v) is 14.4. The number of hydrogen-bond donors (Lipinski definition) is 0. The number of rotatable bonds is 17. The molecule has 2 aliphatic rings. The molecule has 3 rings (SSSR count). The highest BCUT2D eigenvalue weighted by molar-refractivity contribution is 6.26. The third kappa shape index (κ3) is 7.30. The van der Waals surface area contributed by atoms with Crippen LogP contribution in [0.5, 0.6) is 0 Å². The minimum Gasteiger partial charge on any atom is -0.289 e. The van der Waals surface area contributed by atoms with Gasteiger partial charge in [0.2, 0.25) is 0 Å². The highest BCUT2D eigenvalue weighted by Gasteiger charge is 2.32. The third-order valence-electron chi connectivity index (χ3n) is 7.98. The molecule has 0 aliphatic heterocycles. The maximum absolute atomic E-state index is 12.9. The maximum Gasteiger partial charge on any atom is 0.189 e. The van der Waals surface area contributed by atoms with Gasteiger partial charge < -0.3 is 0 Å². The van der Waals surface area contributed by atoms with Crippen molar-refractivity contribution in [3.05, 3.63) is 57.7 Å². The highest BCUT2D eigenvalue weighted by Crippen LogP contribution is 2.45. The molecule has 0 aromatic heterocycles. The van der Waals surface area contributed by atoms with Crippen LogP contribution in [0, 0.1) is 0 Å². The number of fused-ring (bicyclic) bond motifs is 3. The van der Waals surface area contributed by atoms with Gasteiger partial charge >= 0.3 is 0 Å². The molecule has 0 spiro atoms. The van der Waals surface area contributed by atoms with Crippen molar-refractivity contribution in [2.75, 3.05) is 0 Å². The molecule has 0 atom stereocenters. The lowest BCUT2D eigenvalue weighted by molar-refractivity contribution is -0.111. The Morgan fingerprint density at radius 1 is 0.618 bits per heavy atom. The molecule has 186 valence electrons. The number of unbranched alkanes of at least 4 members (excludes halogenated alkanes) is 15. The van der Waals surface area contributed by atoms with E-state index in [1.54, 1.807) is 0 Å². The van der Waals surface area contributed by atoms with Crippen LogP contribution in [0.25, 0.3) is 11.6 Å². The molecule has 0 heterocycles. The van der Waals surface area contributed by atoms with E-state index in [1.165, 1.54) is 131 Å². The van der Waals surface area contributed by atoms with Crippen molar-refractivity contribution in [3.8, 4) is 0 Å². The van der Waals surface area contributed by atoms with Gasteiger partial charge in [-0.05, 0) is 60.6 Å². The summed E-state index contributed by atoms with van der Waals surface area (Å²) in [6, 6.07) is 8.49. The van der Waals surface area contributed by atoms with Gasteiger partial charge in [-0.3, -0.25) is 4.79 Å². The molecular formula is C33H48O. The summed E-state index contributed by atoms with van der Waals surface area (Å²) >= 11 is 0. The van der Waals surface area contributed by atoms with Gasteiger partial charge in [-0.1, -0.05) is 128 Å². The molecule has 0 saturated carbocycles. The molecule has 0 unspecified atom stereocenters. The van der Waals surface area contributed by atoms with Gasteiger partial charge in [0.15, 0.2) is 5.78 Å². The van der Waals surface area contributed by atoms with Gasteiger partial charge in [-0.2, -0.15) is 0 Å². The zero-order valence-electron chi connectivity index (χ0n) is 22.3. The molecule has 0 saturated heterocycles. The molecule has 1 aromatic carbocycles. The Labute approximate surface area is 209 Å². The maximum atomic E-state index is 12.9. The molecule has 0 N–H and O–H groups in total. The number of carbonyl (C=O) groups is 1. The van der Waals surface area contributed by atoms with E-state index in [0.29, 0.717) is 0 Å². The summed E-state index contributed by atoms with van der Waals surface area (Å²) in [4.78, 5) is 12.9. The number of carbonyl (C=O) groups excluding carboxylic acids is 1. The highest BCUT2D eigenvalue weighted by atomic mass is 16.1. The zero-order chi connectivity index (χ0) is 24.2. The van der Waals surface area contributed by atoms with E-state index in [9.17, 15) is 4.79 Å². The van der Waals surface area contributed by atoms with E-state index in [2.05, 4.69) is 44.2 Å². The lowest BCUT2D eigenvalue weighted by Gasteiger charge is -2.23. The van der Waals surface area contributed by atoms with Crippen molar-refractivity contribution in [1.82, 2.24) is 0 Å². The Kier molecular flexibility index (Phi) is 11.4. The number of allylic oxidation sites excluding steroid dienone is 5. The molecule has 0 radical (unpaired) electrons. The molecule has 0 amide bonds. The van der Waals surface area contributed by atoms with Gasteiger partial charge in [-0.15, -0.1) is 0 Å². The first-order chi connectivity index (χ1) is 16.6. The zero-order valence-corrected chi connectivity index (χ0v) is 22.3. The number of hydrogen-bond acceptors (Lipinski definition) is 1. The SMILES string of the molecule is CCCCCCCCCCCCCCCCCCC1=C2C(=Cc3ccccc32)C(=O)C(C)=C1C. The molecule has 1 aromatic rings. The van der Waals surface area contributed by atoms with Crippen molar-refractivity contribution >= 4 is 17.4 Å². The standard InChI is InChI=1S/C33H48O/c1-4-5-6-7-8-9-10-11-12-13-14-15-16-17-18-19-23-29-26(2)27(3)33(34)31-25-28-22-20-21-24-30(28)32(29)31/h20-22,24-25H,4-19,23H2,1-3H3. The van der Waals surface area contributed by atoms with E-state index in [1.807, 2.05) is 6.92 Å². The van der Waals surface area contributed by atoms with Gasteiger partial charge in [0.1, 0.15) is 0 Å². The molecule has 34 heavy (non-hydrogen) atoms. The van der Waals surface area contributed by atoms with Crippen LogP contribution in [0.2, 0.25) is 0 Å². The lowest BCUT2D eigenvalue weighted by atomic mass is 9.80. The van der Waals surface area contributed by atoms with Crippen LogP contribution >= 0.6 is 0 Å². The molecular weight excluding hydrogens is 412 g/mol. The van der Waals surface area contributed by atoms with Crippen LogP contribution in [-0.4, -0.2) is 5.78 Å². The van der Waals surface area contributed by atoms with E-state index >= 15 is 0 Å². The second-order valence-electron chi connectivity index (χ2n) is 10.6. The van der Waals surface area contributed by atoms with E-state index in [0.717, 1.165) is 17.6 Å². The van der Waals surface area contributed by atoms with Crippen molar-refractivity contribution < 1.29 is 4.79 Å². The van der Waals surface area contributed by atoms with Crippen molar-refractivity contribution in [1.29, 1.82) is 0 Å². The number of ketones is 1. The average Bonchev–Trinajstić information content (AvgIpc) is 3.24. The minimum atomic E-state index is 0.222. The van der Waals surface area contributed by atoms with Crippen molar-refractivity contribution in [2.45, 2.75) is 130 Å². The third-order valence-corrected chi connectivity index (χ3v) is 7.98. The summed E-state index contributed by atoms with van der Waals surface area (Å²) in [7, 11) is 0. The summed E-state index contributed by atoms with van der Waals surface area (Å²) in [5.41, 5.74) is 8.18. The topological polar surface area (TPSA) is 17.1 Å². The van der Waals surface area contributed by atoms with Crippen molar-refractivity contribution in [3.63, 3.8) is 0 Å². The smallest absolute Gasteiger partial charge is 0.189 e. The van der Waals surface area contributed by atoms with Gasteiger partial charge in [0.25, 0.3) is 0 Å². The Morgan fingerprint density at radius 2 is 1.12 bits per heavy atom. The normalized spacial score (nSPS) is 15.1. The van der Waals surface area contributed by atoms with Gasteiger partial charge in [0.05, 0.1) is 0 Å². The van der Waals surface area contributed by atoms with E-state index < -0.39 is 0 Å². The van der Waals surface area contributed by atoms with Crippen LogP contribution in [-0.2, 0) is 4.79 Å². The lowest BCUT2D eigenvalue weighted by Crippen LogP contribution is -2.14. The van der Waals surface area contributed by atoms with Crippen LogP contribution < -0.4 is 0 Å². The Morgan fingerprint density at radius 3 is 1.68 bits per heavy atom. The van der Waals surface area contributed by atoms with E-state index in [-0.39, 0.29) is 5.78 Å². The predicted molar refractivity (Wildman–Crippen MR) is 149 cm³/mol. The second kappa shape index (κ2) is 14.5. The second-order valence-corrected chi connectivity index (χ2v) is 10.6. The average molecular weight is 461 g/mol. The van der Waals surface area contributed by atoms with Crippen LogP contribution in [0.4, 0.5) is 0 Å². The quantitative estimate of drug-likeness (QED) is 0.211. The minimum absolute atomic E-state index is 0.222. The fraction of sp³-hybridized carbons (Fsp3) is 0.606. The Hall–Kier alpha value is -1.89.